The third-order valence-corrected chi connectivity index (χ3v) is 2.64. The quantitative estimate of drug-likeness (QED) is 0.427. The molecule has 0 spiro atoms. The van der Waals surface area contributed by atoms with E-state index < -0.39 is 0 Å². The highest BCUT2D eigenvalue weighted by molar-refractivity contribution is 6.44. The molecule has 0 bridgehead atoms. The molecule has 0 aliphatic heterocycles. The van der Waals surface area contributed by atoms with E-state index in [0.717, 1.165) is 25.7 Å². The van der Waals surface area contributed by atoms with Gasteiger partial charge in [-0.2, -0.15) is 0 Å². The van der Waals surface area contributed by atoms with E-state index in [1.54, 1.807) is 6.92 Å². The minimum absolute atomic E-state index is 0.201. The maximum absolute atomic E-state index is 10.6. The van der Waals surface area contributed by atoms with Gasteiger partial charge in [-0.1, -0.05) is 32.1 Å². The van der Waals surface area contributed by atoms with Crippen molar-refractivity contribution in [1.29, 1.82) is 0 Å². The van der Waals surface area contributed by atoms with Crippen LogP contribution in [0.1, 0.15) is 58.3 Å². The molecule has 0 heterocycles. The van der Waals surface area contributed by atoms with Crippen molar-refractivity contribution >= 4 is 29.0 Å². The smallest absolute Gasteiger partial charge is 0.129 e. The average molecular weight is 239 g/mol. The molecule has 0 amide bonds. The lowest BCUT2D eigenvalue weighted by atomic mass is 10.1. The summed E-state index contributed by atoms with van der Waals surface area (Å²) >= 11 is 11.2. The lowest BCUT2D eigenvalue weighted by Gasteiger charge is -2.01. The van der Waals surface area contributed by atoms with Crippen LogP contribution in [-0.2, 0) is 4.79 Å². The zero-order valence-electron chi connectivity index (χ0n) is 8.90. The predicted octanol–water partition coefficient (Wildman–Crippen LogP) is 4.50. The number of hydrogen-bond acceptors (Lipinski definition) is 1. The van der Waals surface area contributed by atoms with E-state index in [9.17, 15) is 4.79 Å². The van der Waals surface area contributed by atoms with E-state index in [0.29, 0.717) is 5.78 Å². The maximum Gasteiger partial charge on any atom is 0.129 e. The van der Waals surface area contributed by atoms with Crippen LogP contribution in [0, 0.1) is 0 Å². The molecule has 0 saturated heterocycles. The molecular formula is C11H20Cl2O. The fourth-order valence-corrected chi connectivity index (χ4v) is 1.69. The number of rotatable bonds is 9. The second-order valence-electron chi connectivity index (χ2n) is 3.75. The van der Waals surface area contributed by atoms with E-state index in [1.807, 2.05) is 0 Å². The van der Waals surface area contributed by atoms with Crippen molar-refractivity contribution < 1.29 is 4.79 Å². The van der Waals surface area contributed by atoms with Gasteiger partial charge < -0.3 is 4.79 Å². The van der Waals surface area contributed by atoms with E-state index in [2.05, 4.69) is 0 Å². The Morgan fingerprint density at radius 3 is 2.00 bits per heavy atom. The molecule has 0 aromatic heterocycles. The molecule has 0 rings (SSSR count). The summed E-state index contributed by atoms with van der Waals surface area (Å²) in [4.78, 5) is 10.4. The first-order valence-corrected chi connectivity index (χ1v) is 6.28. The summed E-state index contributed by atoms with van der Waals surface area (Å²) in [5.41, 5.74) is 0. The molecule has 0 N–H and O–H groups in total. The third-order valence-electron chi connectivity index (χ3n) is 2.20. The van der Waals surface area contributed by atoms with Gasteiger partial charge >= 0.3 is 0 Å². The second-order valence-corrected chi connectivity index (χ2v) is 5.03. The highest BCUT2D eigenvalue weighted by Gasteiger charge is 1.98. The van der Waals surface area contributed by atoms with Gasteiger partial charge in [-0.15, -0.1) is 23.2 Å². The van der Waals surface area contributed by atoms with Crippen molar-refractivity contribution in [2.24, 2.45) is 0 Å². The Hall–Kier alpha value is 0.250. The second kappa shape index (κ2) is 9.79. The molecule has 0 aromatic carbocycles. The first-order valence-electron chi connectivity index (χ1n) is 5.40. The van der Waals surface area contributed by atoms with Gasteiger partial charge in [-0.3, -0.25) is 0 Å². The first kappa shape index (κ1) is 14.2. The van der Waals surface area contributed by atoms with Crippen molar-refractivity contribution in [3.8, 4) is 0 Å². The molecule has 3 heteroatoms. The number of hydrogen-bond donors (Lipinski definition) is 0. The van der Waals surface area contributed by atoms with Crippen LogP contribution in [0.5, 0.6) is 0 Å². The standard InChI is InChI=1S/C11H20Cl2O/c1-10(14)8-6-4-2-3-5-7-9-11(12)13/h11H,2-9H2,1H3. The molecule has 0 unspecified atom stereocenters. The summed E-state index contributed by atoms with van der Waals surface area (Å²) in [6.07, 6.45) is 8.64. The van der Waals surface area contributed by atoms with Crippen LogP contribution in [0.15, 0.2) is 0 Å². The van der Waals surface area contributed by atoms with Crippen molar-refractivity contribution in [3.05, 3.63) is 0 Å². The molecular weight excluding hydrogens is 219 g/mol. The molecule has 1 nitrogen and oxygen atoms in total. The van der Waals surface area contributed by atoms with Gasteiger partial charge in [0.1, 0.15) is 10.6 Å². The highest BCUT2D eigenvalue weighted by Crippen LogP contribution is 2.14. The van der Waals surface area contributed by atoms with Crippen LogP contribution in [0.25, 0.3) is 0 Å². The van der Waals surface area contributed by atoms with E-state index >= 15 is 0 Å². The Balaban J connectivity index is 2.96. The average Bonchev–Trinajstić information content (AvgIpc) is 2.08. The minimum Gasteiger partial charge on any atom is -0.300 e. The van der Waals surface area contributed by atoms with Gasteiger partial charge in [0.25, 0.3) is 0 Å². The zero-order chi connectivity index (χ0) is 10.8. The number of unbranched alkanes of at least 4 members (excludes halogenated alkanes) is 5. The molecule has 0 atom stereocenters. The summed E-state index contributed by atoms with van der Waals surface area (Å²) in [7, 11) is 0. The number of carbonyl (C=O) groups is 1. The van der Waals surface area contributed by atoms with Crippen LogP contribution in [0.3, 0.4) is 0 Å². The minimum atomic E-state index is -0.201. The van der Waals surface area contributed by atoms with Gasteiger partial charge in [0, 0.05) is 6.42 Å². The van der Waals surface area contributed by atoms with E-state index in [-0.39, 0.29) is 4.84 Å². The van der Waals surface area contributed by atoms with Gasteiger partial charge in [0.2, 0.25) is 0 Å². The van der Waals surface area contributed by atoms with Gasteiger partial charge in [0.15, 0.2) is 0 Å². The number of carbonyl (C=O) groups excluding carboxylic acids is 1. The summed E-state index contributed by atoms with van der Waals surface area (Å²) in [5, 5.41) is 0. The van der Waals surface area contributed by atoms with Crippen LogP contribution in [0.4, 0.5) is 0 Å². The Kier molecular flexibility index (Phi) is 9.97. The highest BCUT2D eigenvalue weighted by atomic mass is 35.5. The van der Waals surface area contributed by atoms with Crippen molar-refractivity contribution in [1.82, 2.24) is 0 Å². The molecule has 0 aliphatic carbocycles. The number of alkyl halides is 2. The Bertz CT molecular complexity index is 146. The fourth-order valence-electron chi connectivity index (χ4n) is 1.38. The third kappa shape index (κ3) is 12.2. The maximum atomic E-state index is 10.6. The van der Waals surface area contributed by atoms with Gasteiger partial charge in [0.05, 0.1) is 0 Å². The molecule has 0 radical (unpaired) electrons. The molecule has 0 aromatic rings. The van der Waals surface area contributed by atoms with Gasteiger partial charge in [-0.25, -0.2) is 0 Å². The van der Waals surface area contributed by atoms with Crippen LogP contribution >= 0.6 is 23.2 Å². The molecule has 0 aliphatic rings. The van der Waals surface area contributed by atoms with Crippen molar-refractivity contribution in [2.45, 2.75) is 63.1 Å². The molecule has 0 fully saturated rings. The number of Topliss-reactive ketones (excluding diaryl/α,β-unsaturated/α-hetero) is 1. The summed E-state index contributed by atoms with van der Waals surface area (Å²) < 4.78 is 0. The summed E-state index contributed by atoms with van der Waals surface area (Å²) in [5.74, 6) is 0.303. The van der Waals surface area contributed by atoms with Gasteiger partial charge in [-0.05, 0) is 19.8 Å². The molecule has 14 heavy (non-hydrogen) atoms. The lowest BCUT2D eigenvalue weighted by Crippen LogP contribution is -1.90. The Morgan fingerprint density at radius 1 is 1.00 bits per heavy atom. The van der Waals surface area contributed by atoms with Crippen LogP contribution in [-0.4, -0.2) is 10.6 Å². The largest absolute Gasteiger partial charge is 0.300 e. The molecule has 84 valence electrons. The lowest BCUT2D eigenvalue weighted by molar-refractivity contribution is -0.117. The first-order chi connectivity index (χ1) is 6.63. The Labute approximate surface area is 97.2 Å². The SMILES string of the molecule is CC(=O)CCCCCCCCC(Cl)Cl. The van der Waals surface area contributed by atoms with Crippen molar-refractivity contribution in [2.75, 3.05) is 0 Å². The van der Waals surface area contributed by atoms with E-state index in [4.69, 9.17) is 23.2 Å². The molecule has 0 saturated carbocycles. The topological polar surface area (TPSA) is 17.1 Å². The van der Waals surface area contributed by atoms with Crippen LogP contribution < -0.4 is 0 Å². The Morgan fingerprint density at radius 2 is 1.50 bits per heavy atom. The zero-order valence-corrected chi connectivity index (χ0v) is 10.4. The normalized spacial score (nSPS) is 10.9. The monoisotopic (exact) mass is 238 g/mol. The number of halogens is 2. The predicted molar refractivity (Wildman–Crippen MR) is 63.1 cm³/mol. The number of ketones is 1. The summed E-state index contributed by atoms with van der Waals surface area (Å²) in [6.45, 7) is 1.65. The van der Waals surface area contributed by atoms with Crippen molar-refractivity contribution in [3.63, 3.8) is 0 Å². The summed E-state index contributed by atoms with van der Waals surface area (Å²) in [6, 6.07) is 0. The van der Waals surface area contributed by atoms with E-state index in [1.165, 1.54) is 25.7 Å². The fraction of sp³-hybridized carbons (Fsp3) is 0.909. The van der Waals surface area contributed by atoms with Crippen LogP contribution in [0.2, 0.25) is 0 Å².